The highest BCUT2D eigenvalue weighted by Crippen LogP contribution is 2.22. The monoisotopic (exact) mass is 243 g/mol. The number of primary amides is 1. The van der Waals surface area contributed by atoms with Crippen molar-refractivity contribution in [3.05, 3.63) is 66.2 Å². The van der Waals surface area contributed by atoms with Gasteiger partial charge in [0.1, 0.15) is 5.75 Å². The summed E-state index contributed by atoms with van der Waals surface area (Å²) in [7, 11) is 0. The lowest BCUT2D eigenvalue weighted by Crippen LogP contribution is -2.21. The van der Waals surface area contributed by atoms with Crippen LogP contribution in [0.5, 0.6) is 5.75 Å². The van der Waals surface area contributed by atoms with Crippen LogP contribution in [0, 0.1) is 0 Å². The molecule has 2 aromatic carbocycles. The first kappa shape index (κ1) is 12.0. The number of hydrogen-bond acceptors (Lipinski definition) is 3. The highest BCUT2D eigenvalue weighted by molar-refractivity contribution is 5.64. The lowest BCUT2D eigenvalue weighted by molar-refractivity contribution is -0.0308. The predicted molar refractivity (Wildman–Crippen MR) is 66.9 cm³/mol. The van der Waals surface area contributed by atoms with Crippen molar-refractivity contribution in [3.8, 4) is 5.75 Å². The Kier molecular flexibility index (Phi) is 3.81. The Bertz CT molecular complexity index is 499. The van der Waals surface area contributed by atoms with Gasteiger partial charge in [0.25, 0.3) is 6.29 Å². The average molecular weight is 243 g/mol. The summed E-state index contributed by atoms with van der Waals surface area (Å²) < 4.78 is 10.5. The summed E-state index contributed by atoms with van der Waals surface area (Å²) in [5.41, 5.74) is 5.77. The van der Waals surface area contributed by atoms with Crippen molar-refractivity contribution in [2.75, 3.05) is 0 Å². The largest absolute Gasteiger partial charge is 0.450 e. The molecule has 0 saturated carbocycles. The van der Waals surface area contributed by atoms with Gasteiger partial charge in [0.15, 0.2) is 0 Å². The molecule has 0 aliphatic heterocycles. The first-order chi connectivity index (χ1) is 8.75. The maximum Gasteiger partial charge on any atom is 0.407 e. The molecule has 0 heterocycles. The number of amides is 1. The van der Waals surface area contributed by atoms with E-state index in [4.69, 9.17) is 15.2 Å². The Morgan fingerprint density at radius 3 is 2.06 bits per heavy atom. The van der Waals surface area contributed by atoms with Gasteiger partial charge in [-0.1, -0.05) is 48.5 Å². The Hall–Kier alpha value is -2.49. The van der Waals surface area contributed by atoms with E-state index in [1.54, 1.807) is 24.3 Å². The minimum Gasteiger partial charge on any atom is -0.450 e. The summed E-state index contributed by atoms with van der Waals surface area (Å²) in [6.45, 7) is 0. The summed E-state index contributed by atoms with van der Waals surface area (Å²) in [5.74, 6) is 0.604. The SMILES string of the molecule is NC(=O)OC(Oc1ccccc1)c1ccccc1. The third-order valence-corrected chi connectivity index (χ3v) is 2.28. The maximum absolute atomic E-state index is 10.9. The molecule has 4 nitrogen and oxygen atoms in total. The summed E-state index contributed by atoms with van der Waals surface area (Å²) in [6, 6.07) is 18.2. The molecule has 1 atom stereocenters. The zero-order valence-electron chi connectivity index (χ0n) is 9.65. The zero-order valence-corrected chi connectivity index (χ0v) is 9.65. The van der Waals surface area contributed by atoms with Crippen LogP contribution >= 0.6 is 0 Å². The van der Waals surface area contributed by atoms with E-state index in [0.717, 1.165) is 5.56 Å². The molecule has 0 bridgehead atoms. The van der Waals surface area contributed by atoms with Crippen molar-refractivity contribution in [1.82, 2.24) is 0 Å². The molecule has 2 rings (SSSR count). The molecule has 0 aromatic heterocycles. The Morgan fingerprint density at radius 1 is 0.944 bits per heavy atom. The van der Waals surface area contributed by atoms with Crippen LogP contribution in [0.2, 0.25) is 0 Å². The topological polar surface area (TPSA) is 61.6 Å². The number of hydrogen-bond donors (Lipinski definition) is 1. The van der Waals surface area contributed by atoms with E-state index >= 15 is 0 Å². The smallest absolute Gasteiger partial charge is 0.407 e. The van der Waals surface area contributed by atoms with Gasteiger partial charge in [0.2, 0.25) is 0 Å². The van der Waals surface area contributed by atoms with Crippen molar-refractivity contribution in [1.29, 1.82) is 0 Å². The van der Waals surface area contributed by atoms with Crippen LogP contribution in [-0.2, 0) is 4.74 Å². The molecule has 0 saturated heterocycles. The number of ether oxygens (including phenoxy) is 2. The molecule has 0 spiro atoms. The molecule has 4 heteroatoms. The van der Waals surface area contributed by atoms with Crippen molar-refractivity contribution in [2.45, 2.75) is 6.29 Å². The van der Waals surface area contributed by atoms with Gasteiger partial charge in [-0.15, -0.1) is 0 Å². The van der Waals surface area contributed by atoms with Gasteiger partial charge in [-0.05, 0) is 12.1 Å². The number of para-hydroxylation sites is 1. The first-order valence-corrected chi connectivity index (χ1v) is 5.48. The Morgan fingerprint density at radius 2 is 1.50 bits per heavy atom. The van der Waals surface area contributed by atoms with Gasteiger partial charge in [-0.25, -0.2) is 4.79 Å². The fourth-order valence-electron chi connectivity index (χ4n) is 1.50. The zero-order chi connectivity index (χ0) is 12.8. The molecule has 0 radical (unpaired) electrons. The maximum atomic E-state index is 10.9. The van der Waals surface area contributed by atoms with E-state index in [1.165, 1.54) is 0 Å². The van der Waals surface area contributed by atoms with Gasteiger partial charge in [0, 0.05) is 5.56 Å². The van der Waals surface area contributed by atoms with Crippen molar-refractivity contribution in [2.24, 2.45) is 5.73 Å². The number of carbonyl (C=O) groups is 1. The van der Waals surface area contributed by atoms with E-state index in [0.29, 0.717) is 5.75 Å². The van der Waals surface area contributed by atoms with Gasteiger partial charge in [0.05, 0.1) is 0 Å². The molecule has 0 fully saturated rings. The van der Waals surface area contributed by atoms with Crippen molar-refractivity contribution < 1.29 is 14.3 Å². The van der Waals surface area contributed by atoms with E-state index in [9.17, 15) is 4.79 Å². The second-order valence-electron chi connectivity index (χ2n) is 3.61. The second kappa shape index (κ2) is 5.72. The Labute approximate surface area is 105 Å². The minimum atomic E-state index is -0.875. The molecular weight excluding hydrogens is 230 g/mol. The van der Waals surface area contributed by atoms with Crippen LogP contribution in [-0.4, -0.2) is 6.09 Å². The van der Waals surface area contributed by atoms with Crippen LogP contribution < -0.4 is 10.5 Å². The molecule has 1 unspecified atom stereocenters. The quantitative estimate of drug-likeness (QED) is 0.840. The number of nitrogens with two attached hydrogens (primary N) is 1. The number of rotatable bonds is 4. The molecule has 1 amide bonds. The minimum absolute atomic E-state index is 0.604. The summed E-state index contributed by atoms with van der Waals surface area (Å²) >= 11 is 0. The van der Waals surface area contributed by atoms with Gasteiger partial charge < -0.3 is 15.2 Å². The van der Waals surface area contributed by atoms with E-state index in [-0.39, 0.29) is 0 Å². The lowest BCUT2D eigenvalue weighted by Gasteiger charge is -2.18. The molecule has 0 aliphatic rings. The van der Waals surface area contributed by atoms with E-state index in [2.05, 4.69) is 0 Å². The highest BCUT2D eigenvalue weighted by Gasteiger charge is 2.16. The predicted octanol–water partition coefficient (Wildman–Crippen LogP) is 2.86. The fraction of sp³-hybridized carbons (Fsp3) is 0.0714. The second-order valence-corrected chi connectivity index (χ2v) is 3.61. The Balaban J connectivity index is 2.18. The standard InChI is InChI=1S/C14H13NO3/c15-14(16)18-13(11-7-3-1-4-8-11)17-12-9-5-2-6-10-12/h1-10,13H,(H2,15,16). The average Bonchev–Trinajstić information content (AvgIpc) is 2.40. The van der Waals surface area contributed by atoms with E-state index in [1.807, 2.05) is 36.4 Å². The third kappa shape index (κ3) is 3.25. The third-order valence-electron chi connectivity index (χ3n) is 2.28. The summed E-state index contributed by atoms with van der Waals surface area (Å²) in [5, 5.41) is 0. The van der Waals surface area contributed by atoms with Crippen LogP contribution in [0.4, 0.5) is 4.79 Å². The van der Waals surface area contributed by atoms with Crippen LogP contribution in [0.25, 0.3) is 0 Å². The fourth-order valence-corrected chi connectivity index (χ4v) is 1.50. The molecule has 2 N–H and O–H groups in total. The summed E-state index contributed by atoms with van der Waals surface area (Å²) in [4.78, 5) is 10.9. The molecule has 18 heavy (non-hydrogen) atoms. The van der Waals surface area contributed by atoms with Crippen molar-refractivity contribution in [3.63, 3.8) is 0 Å². The summed E-state index contributed by atoms with van der Waals surface area (Å²) in [6.07, 6.45) is -1.72. The first-order valence-electron chi connectivity index (χ1n) is 5.48. The van der Waals surface area contributed by atoms with Gasteiger partial charge in [-0.2, -0.15) is 0 Å². The molecule has 92 valence electrons. The number of carbonyl (C=O) groups excluding carboxylic acids is 1. The highest BCUT2D eigenvalue weighted by atomic mass is 16.7. The normalized spacial score (nSPS) is 11.6. The van der Waals surface area contributed by atoms with Crippen LogP contribution in [0.3, 0.4) is 0 Å². The van der Waals surface area contributed by atoms with Gasteiger partial charge in [-0.3, -0.25) is 0 Å². The number of benzene rings is 2. The van der Waals surface area contributed by atoms with Crippen molar-refractivity contribution >= 4 is 6.09 Å². The van der Waals surface area contributed by atoms with Gasteiger partial charge >= 0.3 is 6.09 Å². The van der Waals surface area contributed by atoms with E-state index < -0.39 is 12.4 Å². The lowest BCUT2D eigenvalue weighted by atomic mass is 10.2. The molecule has 2 aromatic rings. The molecule has 0 aliphatic carbocycles. The van der Waals surface area contributed by atoms with Crippen LogP contribution in [0.15, 0.2) is 60.7 Å². The molecular formula is C14H13NO3. The van der Waals surface area contributed by atoms with Crippen LogP contribution in [0.1, 0.15) is 11.9 Å².